The summed E-state index contributed by atoms with van der Waals surface area (Å²) < 4.78 is 37.1. The van der Waals surface area contributed by atoms with Crippen LogP contribution in [0.3, 0.4) is 0 Å². The summed E-state index contributed by atoms with van der Waals surface area (Å²) in [6.07, 6.45) is 0. The summed E-state index contributed by atoms with van der Waals surface area (Å²) in [5.74, 6) is 0. The van der Waals surface area contributed by atoms with Crippen LogP contribution in [0.25, 0.3) is 0 Å². The van der Waals surface area contributed by atoms with Gasteiger partial charge >= 0.3 is 0 Å². The third-order valence-corrected chi connectivity index (χ3v) is 0. The van der Waals surface area contributed by atoms with Gasteiger partial charge in [-0.2, -0.15) is 0 Å². The average molecular weight is 336 g/mol. The smallest absolute Gasteiger partial charge is 0.0675 e. The Labute approximate surface area is 132 Å². The Bertz CT molecular complexity index is 257. The van der Waals surface area contributed by atoms with Crippen LogP contribution in [0.15, 0.2) is 0 Å². The largest absolute Gasteiger partial charge is 0.870 e. The van der Waals surface area contributed by atoms with Gasteiger partial charge in [-0.05, 0) is 0 Å². The molecule has 0 fully saturated rings. The molecule has 0 radical (unpaired) electrons. The maximum Gasteiger partial charge on any atom is 0.0675 e. The first-order valence-corrected chi connectivity index (χ1v) is 7.37. The third-order valence-electron chi connectivity index (χ3n) is 0. The fourth-order valence-corrected chi connectivity index (χ4v) is 0. The Morgan fingerprint density at radius 1 is 0.524 bits per heavy atom. The minimum atomic E-state index is -5.17. The van der Waals surface area contributed by atoms with Gasteiger partial charge in [-0.3, -0.25) is 8.42 Å². The standard InChI is InChI=1S/3C4H12N.H2O4S.H2O/c4*1-5(2,3)4;/h3*1-4H3;(H2,1,2,3,4);1H2/q3*+1;;/p-3. The van der Waals surface area contributed by atoms with Crippen LogP contribution in [0.4, 0.5) is 0 Å². The first kappa shape index (κ1) is 32.6. The van der Waals surface area contributed by atoms with Crippen molar-refractivity contribution in [1.82, 2.24) is 0 Å². The Kier molecular flexibility index (Phi) is 19.1. The zero-order valence-electron chi connectivity index (χ0n) is 15.8. The number of nitrogens with zero attached hydrogens (tertiary/aromatic N) is 3. The van der Waals surface area contributed by atoms with Crippen molar-refractivity contribution in [2.75, 3.05) is 84.6 Å². The highest BCUT2D eigenvalue weighted by Gasteiger charge is 1.89. The lowest BCUT2D eigenvalue weighted by Gasteiger charge is -2.14. The van der Waals surface area contributed by atoms with Gasteiger partial charge in [0.05, 0.1) is 84.6 Å². The van der Waals surface area contributed by atoms with Crippen LogP contribution in [0.5, 0.6) is 0 Å². The fourth-order valence-electron chi connectivity index (χ4n) is 0. The maximum atomic E-state index is 8.52. The van der Waals surface area contributed by atoms with Crippen LogP contribution in [-0.2, 0) is 10.4 Å². The molecule has 0 amide bonds. The molecule has 0 aromatic rings. The fraction of sp³-hybridized carbons (Fsp3) is 1.00. The summed E-state index contributed by atoms with van der Waals surface area (Å²) in [6.45, 7) is 0. The van der Waals surface area contributed by atoms with Crippen molar-refractivity contribution in [3.63, 3.8) is 0 Å². The van der Waals surface area contributed by atoms with E-state index in [0.29, 0.717) is 0 Å². The molecule has 1 N–H and O–H groups in total. The lowest BCUT2D eigenvalue weighted by Crippen LogP contribution is -2.27. The molecule has 0 rings (SSSR count). The van der Waals surface area contributed by atoms with Crippen LogP contribution in [-0.4, -0.2) is 121 Å². The second kappa shape index (κ2) is 12.3. The predicted octanol–water partition coefficient (Wildman–Crippen LogP) is -0.548. The van der Waals surface area contributed by atoms with Crippen LogP contribution >= 0.6 is 0 Å². The molecule has 21 heavy (non-hydrogen) atoms. The van der Waals surface area contributed by atoms with Gasteiger partial charge in [-0.25, -0.2) is 0 Å². The summed E-state index contributed by atoms with van der Waals surface area (Å²) in [4.78, 5) is 0. The zero-order chi connectivity index (χ0) is 18.0. The van der Waals surface area contributed by atoms with Crippen molar-refractivity contribution in [1.29, 1.82) is 0 Å². The molecule has 0 saturated carbocycles. The molecule has 0 heterocycles. The SMILES string of the molecule is C[N+](C)(C)C.C[N+](C)(C)C.C[N+](C)(C)C.O=S(=O)([O-])[O-].[OH-]. The monoisotopic (exact) mass is 335 g/mol. The quantitative estimate of drug-likeness (QED) is 0.335. The van der Waals surface area contributed by atoms with Gasteiger partial charge < -0.3 is 28.0 Å². The summed E-state index contributed by atoms with van der Waals surface area (Å²) in [6, 6.07) is 0. The molecule has 136 valence electrons. The van der Waals surface area contributed by atoms with E-state index in [-0.39, 0.29) is 5.48 Å². The highest BCUT2D eigenvalue weighted by Crippen LogP contribution is 1.74. The highest BCUT2D eigenvalue weighted by atomic mass is 32.3. The second-order valence-corrected chi connectivity index (χ2v) is 9.27. The number of hydrogen-bond acceptors (Lipinski definition) is 5. The van der Waals surface area contributed by atoms with Crippen molar-refractivity contribution < 1.29 is 36.4 Å². The predicted molar refractivity (Wildman–Crippen MR) is 84.3 cm³/mol. The van der Waals surface area contributed by atoms with Crippen molar-refractivity contribution in [3.8, 4) is 0 Å². The average Bonchev–Trinajstić information content (AvgIpc) is 1.62. The second-order valence-electron chi connectivity index (χ2n) is 8.46. The van der Waals surface area contributed by atoms with Crippen molar-refractivity contribution in [2.24, 2.45) is 0 Å². The summed E-state index contributed by atoms with van der Waals surface area (Å²) >= 11 is 0. The van der Waals surface area contributed by atoms with E-state index >= 15 is 0 Å². The van der Waals surface area contributed by atoms with Gasteiger partial charge in [0.1, 0.15) is 0 Å². The molecule has 0 bridgehead atoms. The Balaban J connectivity index is -0.0000000533. The van der Waals surface area contributed by atoms with E-state index in [9.17, 15) is 0 Å². The maximum absolute atomic E-state index is 8.52. The van der Waals surface area contributed by atoms with E-state index < -0.39 is 10.4 Å². The molecule has 0 aliphatic heterocycles. The van der Waals surface area contributed by atoms with E-state index in [4.69, 9.17) is 17.5 Å². The molecular formula is C12H37N3O5S. The van der Waals surface area contributed by atoms with E-state index in [1.807, 2.05) is 0 Å². The van der Waals surface area contributed by atoms with E-state index in [1.54, 1.807) is 0 Å². The van der Waals surface area contributed by atoms with Gasteiger partial charge in [0.25, 0.3) is 0 Å². The molecule has 8 nitrogen and oxygen atoms in total. The molecule has 0 atom stereocenters. The van der Waals surface area contributed by atoms with Gasteiger partial charge in [-0.15, -0.1) is 0 Å². The molecule has 0 aromatic heterocycles. The summed E-state index contributed by atoms with van der Waals surface area (Å²) in [5, 5.41) is 0. The third kappa shape index (κ3) is 73500. The minimum absolute atomic E-state index is 0. The van der Waals surface area contributed by atoms with Crippen LogP contribution in [0.1, 0.15) is 0 Å². The minimum Gasteiger partial charge on any atom is -0.870 e. The lowest BCUT2D eigenvalue weighted by molar-refractivity contribution is -0.849. The van der Waals surface area contributed by atoms with Crippen molar-refractivity contribution in [2.45, 2.75) is 0 Å². The molecule has 9 heteroatoms. The topological polar surface area (TPSA) is 110 Å². The van der Waals surface area contributed by atoms with Gasteiger partial charge in [0.15, 0.2) is 0 Å². The molecule has 0 aromatic carbocycles. The Morgan fingerprint density at radius 3 is 0.524 bits per heavy atom. The summed E-state index contributed by atoms with van der Waals surface area (Å²) in [5.41, 5.74) is 0. The Hall–Kier alpha value is -0.290. The van der Waals surface area contributed by atoms with Crippen LogP contribution < -0.4 is 0 Å². The van der Waals surface area contributed by atoms with E-state index in [1.165, 1.54) is 0 Å². The van der Waals surface area contributed by atoms with Gasteiger partial charge in [-0.1, -0.05) is 0 Å². The Morgan fingerprint density at radius 2 is 0.524 bits per heavy atom. The van der Waals surface area contributed by atoms with Crippen LogP contribution in [0.2, 0.25) is 0 Å². The molecule has 0 saturated heterocycles. The molecular weight excluding hydrogens is 298 g/mol. The van der Waals surface area contributed by atoms with E-state index in [2.05, 4.69) is 84.6 Å². The van der Waals surface area contributed by atoms with Crippen LogP contribution in [0, 0.1) is 0 Å². The zero-order valence-corrected chi connectivity index (χ0v) is 16.6. The number of rotatable bonds is 0. The van der Waals surface area contributed by atoms with Gasteiger partial charge in [0.2, 0.25) is 0 Å². The number of quaternary nitrogens is 3. The van der Waals surface area contributed by atoms with E-state index in [0.717, 1.165) is 13.4 Å². The van der Waals surface area contributed by atoms with Crippen molar-refractivity contribution >= 4 is 10.4 Å². The molecule has 0 unspecified atom stereocenters. The molecule has 0 aliphatic carbocycles. The highest BCUT2D eigenvalue weighted by molar-refractivity contribution is 7.79. The normalized spacial score (nSPS) is 11.3. The first-order chi connectivity index (χ1) is 8.00. The lowest BCUT2D eigenvalue weighted by atomic mass is 10.8. The molecule has 0 spiro atoms. The van der Waals surface area contributed by atoms with Gasteiger partial charge in [0, 0.05) is 10.4 Å². The first-order valence-electron chi connectivity index (χ1n) is 6.03. The molecule has 0 aliphatic rings. The summed E-state index contributed by atoms with van der Waals surface area (Å²) in [7, 11) is 20.3. The number of hydrogen-bond donors (Lipinski definition) is 0. The van der Waals surface area contributed by atoms with Crippen molar-refractivity contribution in [3.05, 3.63) is 0 Å².